The Labute approximate surface area is 120 Å². The average molecular weight is 282 g/mol. The fraction of sp³-hybridized carbons (Fsp3) is 0.867. The van der Waals surface area contributed by atoms with Gasteiger partial charge in [0, 0.05) is 20.0 Å². The first-order valence-corrected chi connectivity index (χ1v) is 7.82. The van der Waals surface area contributed by atoms with Crippen LogP contribution in [0.3, 0.4) is 0 Å². The summed E-state index contributed by atoms with van der Waals surface area (Å²) in [5, 5.41) is 13.1. The first-order chi connectivity index (χ1) is 9.58. The van der Waals surface area contributed by atoms with Gasteiger partial charge < -0.3 is 15.3 Å². The highest BCUT2D eigenvalue weighted by Gasteiger charge is 2.30. The van der Waals surface area contributed by atoms with Gasteiger partial charge in [0.05, 0.1) is 18.1 Å². The Morgan fingerprint density at radius 1 is 1.10 bits per heavy atom. The van der Waals surface area contributed by atoms with Crippen LogP contribution in [-0.4, -0.2) is 47.1 Å². The summed E-state index contributed by atoms with van der Waals surface area (Å²) >= 11 is 0. The Hall–Kier alpha value is -1.10. The minimum absolute atomic E-state index is 0.00176. The lowest BCUT2D eigenvalue weighted by molar-refractivity contribution is -0.134. The molecule has 1 saturated heterocycles. The SMILES string of the molecule is CC(=O)N1CCCC(C(=O)NC2CCCCCC2O)C1. The number of nitrogens with one attached hydrogen (secondary N) is 1. The number of nitrogens with zero attached hydrogens (tertiary/aromatic N) is 1. The predicted octanol–water partition coefficient (Wildman–Crippen LogP) is 1.05. The maximum absolute atomic E-state index is 12.3. The molecule has 2 amide bonds. The van der Waals surface area contributed by atoms with Gasteiger partial charge in [-0.25, -0.2) is 0 Å². The summed E-state index contributed by atoms with van der Waals surface area (Å²) in [6.45, 7) is 2.82. The van der Waals surface area contributed by atoms with Crippen molar-refractivity contribution in [3.05, 3.63) is 0 Å². The van der Waals surface area contributed by atoms with E-state index in [1.807, 2.05) is 0 Å². The van der Waals surface area contributed by atoms with Crippen molar-refractivity contribution in [3.8, 4) is 0 Å². The number of likely N-dealkylation sites (tertiary alicyclic amines) is 1. The lowest BCUT2D eigenvalue weighted by atomic mass is 9.96. The highest BCUT2D eigenvalue weighted by molar-refractivity contribution is 5.81. The van der Waals surface area contributed by atoms with Crippen LogP contribution in [0, 0.1) is 5.92 Å². The third kappa shape index (κ3) is 3.95. The van der Waals surface area contributed by atoms with E-state index in [0.29, 0.717) is 6.54 Å². The highest BCUT2D eigenvalue weighted by atomic mass is 16.3. The maximum Gasteiger partial charge on any atom is 0.225 e. The van der Waals surface area contributed by atoms with E-state index in [-0.39, 0.29) is 23.8 Å². The predicted molar refractivity (Wildman–Crippen MR) is 76.0 cm³/mol. The van der Waals surface area contributed by atoms with Crippen LogP contribution in [-0.2, 0) is 9.59 Å². The lowest BCUT2D eigenvalue weighted by Gasteiger charge is -2.32. The van der Waals surface area contributed by atoms with Crippen LogP contribution in [0.1, 0.15) is 51.9 Å². The average Bonchev–Trinajstić information content (AvgIpc) is 2.64. The van der Waals surface area contributed by atoms with Crippen LogP contribution in [0.15, 0.2) is 0 Å². The molecule has 1 heterocycles. The van der Waals surface area contributed by atoms with E-state index in [2.05, 4.69) is 5.32 Å². The van der Waals surface area contributed by atoms with E-state index in [1.54, 1.807) is 11.8 Å². The Bertz CT molecular complexity index is 359. The second-order valence-electron chi connectivity index (χ2n) is 6.12. The topological polar surface area (TPSA) is 69.6 Å². The van der Waals surface area contributed by atoms with Gasteiger partial charge in [0.2, 0.25) is 11.8 Å². The first kappa shape index (κ1) is 15.3. The van der Waals surface area contributed by atoms with Gasteiger partial charge in [0.1, 0.15) is 0 Å². The Morgan fingerprint density at radius 2 is 1.85 bits per heavy atom. The molecule has 1 saturated carbocycles. The number of aliphatic hydroxyl groups excluding tert-OH is 1. The molecule has 3 unspecified atom stereocenters. The molecule has 3 atom stereocenters. The van der Waals surface area contributed by atoms with E-state index in [1.165, 1.54) is 0 Å². The standard InChI is InChI=1S/C15H26N2O3/c1-11(18)17-9-5-6-12(10-17)15(20)16-13-7-3-2-4-8-14(13)19/h12-14,19H,2-10H2,1H3,(H,16,20). The van der Waals surface area contributed by atoms with E-state index < -0.39 is 6.10 Å². The van der Waals surface area contributed by atoms with Gasteiger partial charge in [0.15, 0.2) is 0 Å². The maximum atomic E-state index is 12.3. The molecule has 2 aliphatic rings. The number of hydrogen-bond donors (Lipinski definition) is 2. The number of carbonyl (C=O) groups excluding carboxylic acids is 2. The zero-order valence-electron chi connectivity index (χ0n) is 12.3. The molecule has 0 aromatic rings. The summed E-state index contributed by atoms with van der Waals surface area (Å²) in [6, 6.07) is -0.113. The molecule has 114 valence electrons. The summed E-state index contributed by atoms with van der Waals surface area (Å²) < 4.78 is 0. The van der Waals surface area contributed by atoms with Crippen molar-refractivity contribution in [2.45, 2.75) is 64.0 Å². The van der Waals surface area contributed by atoms with Gasteiger partial charge in [-0.15, -0.1) is 0 Å². The second-order valence-corrected chi connectivity index (χ2v) is 6.12. The number of amides is 2. The quantitative estimate of drug-likeness (QED) is 0.744. The van der Waals surface area contributed by atoms with Crippen molar-refractivity contribution in [1.82, 2.24) is 10.2 Å². The molecule has 2 N–H and O–H groups in total. The number of hydrogen-bond acceptors (Lipinski definition) is 3. The summed E-state index contributed by atoms with van der Waals surface area (Å²) in [4.78, 5) is 25.5. The lowest BCUT2D eigenvalue weighted by Crippen LogP contribution is -2.49. The Kier molecular flexibility index (Phi) is 5.40. The fourth-order valence-electron chi connectivity index (χ4n) is 3.23. The summed E-state index contributed by atoms with van der Waals surface area (Å²) in [5.74, 6) is -0.0815. The molecule has 0 aromatic carbocycles. The van der Waals surface area contributed by atoms with Crippen molar-refractivity contribution in [2.24, 2.45) is 5.92 Å². The van der Waals surface area contributed by atoms with Gasteiger partial charge in [-0.3, -0.25) is 9.59 Å². The normalized spacial score (nSPS) is 31.5. The van der Waals surface area contributed by atoms with Crippen LogP contribution in [0.5, 0.6) is 0 Å². The van der Waals surface area contributed by atoms with Crippen LogP contribution in [0.2, 0.25) is 0 Å². The number of rotatable bonds is 2. The van der Waals surface area contributed by atoms with E-state index in [4.69, 9.17) is 0 Å². The molecule has 0 bridgehead atoms. The Morgan fingerprint density at radius 3 is 2.60 bits per heavy atom. The van der Waals surface area contributed by atoms with Crippen LogP contribution in [0.4, 0.5) is 0 Å². The number of carbonyl (C=O) groups is 2. The van der Waals surface area contributed by atoms with Crippen molar-refractivity contribution >= 4 is 11.8 Å². The highest BCUT2D eigenvalue weighted by Crippen LogP contribution is 2.21. The van der Waals surface area contributed by atoms with Gasteiger partial charge in [-0.05, 0) is 25.7 Å². The Balaban J connectivity index is 1.88. The molecular weight excluding hydrogens is 256 g/mol. The molecule has 5 heteroatoms. The van der Waals surface area contributed by atoms with Crippen molar-refractivity contribution in [2.75, 3.05) is 13.1 Å². The smallest absolute Gasteiger partial charge is 0.225 e. The van der Waals surface area contributed by atoms with Gasteiger partial charge >= 0.3 is 0 Å². The minimum Gasteiger partial charge on any atom is -0.391 e. The molecule has 2 fully saturated rings. The first-order valence-electron chi connectivity index (χ1n) is 7.82. The molecule has 1 aliphatic carbocycles. The summed E-state index contributed by atoms with van der Waals surface area (Å²) in [5.41, 5.74) is 0. The fourth-order valence-corrected chi connectivity index (χ4v) is 3.23. The van der Waals surface area contributed by atoms with E-state index >= 15 is 0 Å². The van der Waals surface area contributed by atoms with E-state index in [9.17, 15) is 14.7 Å². The number of piperidine rings is 1. The van der Waals surface area contributed by atoms with Crippen molar-refractivity contribution < 1.29 is 14.7 Å². The molecule has 20 heavy (non-hydrogen) atoms. The van der Waals surface area contributed by atoms with Gasteiger partial charge in [-0.1, -0.05) is 19.3 Å². The van der Waals surface area contributed by atoms with Gasteiger partial charge in [-0.2, -0.15) is 0 Å². The van der Waals surface area contributed by atoms with Crippen molar-refractivity contribution in [3.63, 3.8) is 0 Å². The van der Waals surface area contributed by atoms with Crippen LogP contribution >= 0.6 is 0 Å². The monoisotopic (exact) mass is 282 g/mol. The van der Waals surface area contributed by atoms with E-state index in [0.717, 1.165) is 51.5 Å². The molecular formula is C15H26N2O3. The summed E-state index contributed by atoms with van der Waals surface area (Å²) in [7, 11) is 0. The molecule has 0 radical (unpaired) electrons. The molecule has 5 nitrogen and oxygen atoms in total. The summed E-state index contributed by atoms with van der Waals surface area (Å²) in [6.07, 6.45) is 6.15. The molecule has 2 rings (SSSR count). The van der Waals surface area contributed by atoms with Crippen LogP contribution < -0.4 is 5.32 Å². The molecule has 1 aliphatic heterocycles. The zero-order valence-corrected chi connectivity index (χ0v) is 12.3. The number of aliphatic hydroxyl groups is 1. The second kappa shape index (κ2) is 7.07. The largest absolute Gasteiger partial charge is 0.391 e. The van der Waals surface area contributed by atoms with Crippen LogP contribution in [0.25, 0.3) is 0 Å². The third-order valence-corrected chi connectivity index (χ3v) is 4.54. The zero-order chi connectivity index (χ0) is 14.5. The van der Waals surface area contributed by atoms with Crippen molar-refractivity contribution in [1.29, 1.82) is 0 Å². The molecule has 0 spiro atoms. The van der Waals surface area contributed by atoms with Gasteiger partial charge in [0.25, 0.3) is 0 Å². The third-order valence-electron chi connectivity index (χ3n) is 4.54. The minimum atomic E-state index is -0.422. The molecule has 0 aromatic heterocycles.